The first kappa shape index (κ1) is 14.9. The molecule has 1 aliphatic heterocycles. The number of carbonyl (C=O) groups is 1. The molecule has 1 aromatic carbocycles. The van der Waals surface area contributed by atoms with Crippen molar-refractivity contribution in [2.45, 2.75) is 44.6 Å². The van der Waals surface area contributed by atoms with Crippen LogP contribution in [0.5, 0.6) is 0 Å². The molecule has 0 aliphatic carbocycles. The van der Waals surface area contributed by atoms with Gasteiger partial charge in [-0.15, -0.1) is 6.58 Å². The minimum atomic E-state index is -0.735. The third-order valence-electron chi connectivity index (χ3n) is 3.14. The van der Waals surface area contributed by atoms with Crippen LogP contribution in [-0.4, -0.2) is 30.4 Å². The van der Waals surface area contributed by atoms with Gasteiger partial charge in [-0.1, -0.05) is 36.4 Å². The molecule has 0 saturated carbocycles. The average Bonchev–Trinajstić information content (AvgIpc) is 2.76. The Hall–Kier alpha value is -1.49. The number of hydrogen-bond donors (Lipinski definition) is 0. The molecule has 1 saturated heterocycles. The van der Waals surface area contributed by atoms with Gasteiger partial charge in [0, 0.05) is 0 Å². The van der Waals surface area contributed by atoms with Gasteiger partial charge in [-0.3, -0.25) is 0 Å². The van der Waals surface area contributed by atoms with Crippen molar-refractivity contribution in [1.82, 2.24) is 0 Å². The lowest BCUT2D eigenvalue weighted by atomic mass is 10.1. The Bertz CT molecular complexity index is 455. The molecule has 0 amide bonds. The second-order valence-corrected chi connectivity index (χ2v) is 5.20. The van der Waals surface area contributed by atoms with Crippen molar-refractivity contribution in [2.24, 2.45) is 0 Å². The predicted octanol–water partition coefficient (Wildman–Crippen LogP) is 2.48. The fourth-order valence-corrected chi connectivity index (χ4v) is 2.23. The summed E-state index contributed by atoms with van der Waals surface area (Å²) in [4.78, 5) is 11.3. The van der Waals surface area contributed by atoms with Crippen LogP contribution in [0.4, 0.5) is 0 Å². The Labute approximate surface area is 119 Å². The largest absolute Gasteiger partial charge is 0.363 e. The van der Waals surface area contributed by atoms with E-state index in [0.29, 0.717) is 6.61 Å². The standard InChI is InChI=1S/C16H20O4/c1-4-13-15(20-16(2,3)19-13)14(10-17)18-11-12-8-6-5-7-9-12/h4-10,13-15H,1,11H2,2-3H3/t13-,14-,15-/m0/s1. The number of rotatable bonds is 6. The molecule has 1 aliphatic rings. The molecular formula is C16H20O4. The lowest BCUT2D eigenvalue weighted by Crippen LogP contribution is -2.37. The number of benzene rings is 1. The Balaban J connectivity index is 2.01. The summed E-state index contributed by atoms with van der Waals surface area (Å²) in [5, 5.41) is 0. The van der Waals surface area contributed by atoms with Crippen molar-refractivity contribution < 1.29 is 19.0 Å². The fraction of sp³-hybridized carbons (Fsp3) is 0.438. The van der Waals surface area contributed by atoms with E-state index in [-0.39, 0.29) is 6.10 Å². The van der Waals surface area contributed by atoms with Gasteiger partial charge in [0.15, 0.2) is 12.1 Å². The first-order chi connectivity index (χ1) is 9.55. The number of carbonyl (C=O) groups excluding carboxylic acids is 1. The molecule has 0 radical (unpaired) electrons. The van der Waals surface area contributed by atoms with Gasteiger partial charge >= 0.3 is 0 Å². The van der Waals surface area contributed by atoms with Crippen LogP contribution in [-0.2, 0) is 25.6 Å². The quantitative estimate of drug-likeness (QED) is 0.591. The number of hydrogen-bond acceptors (Lipinski definition) is 4. The van der Waals surface area contributed by atoms with Gasteiger partial charge in [0.05, 0.1) is 6.61 Å². The minimum absolute atomic E-state index is 0.351. The molecule has 108 valence electrons. The van der Waals surface area contributed by atoms with Crippen molar-refractivity contribution in [3.63, 3.8) is 0 Å². The zero-order chi connectivity index (χ0) is 14.6. The van der Waals surface area contributed by atoms with Gasteiger partial charge in [0.1, 0.15) is 18.3 Å². The van der Waals surface area contributed by atoms with Gasteiger partial charge in [-0.05, 0) is 19.4 Å². The van der Waals surface area contributed by atoms with E-state index in [1.807, 2.05) is 44.2 Å². The highest BCUT2D eigenvalue weighted by molar-refractivity contribution is 5.57. The zero-order valence-electron chi connectivity index (χ0n) is 11.8. The van der Waals surface area contributed by atoms with Crippen molar-refractivity contribution >= 4 is 6.29 Å². The molecule has 1 heterocycles. The first-order valence-electron chi connectivity index (χ1n) is 6.65. The van der Waals surface area contributed by atoms with Crippen LogP contribution in [0.3, 0.4) is 0 Å². The molecule has 0 bridgehead atoms. The summed E-state index contributed by atoms with van der Waals surface area (Å²) in [6, 6.07) is 9.69. The van der Waals surface area contributed by atoms with Gasteiger partial charge in [0.25, 0.3) is 0 Å². The van der Waals surface area contributed by atoms with Crippen LogP contribution in [0.2, 0.25) is 0 Å². The molecule has 2 rings (SSSR count). The van der Waals surface area contributed by atoms with Gasteiger partial charge in [0.2, 0.25) is 0 Å². The second-order valence-electron chi connectivity index (χ2n) is 5.20. The first-order valence-corrected chi connectivity index (χ1v) is 6.65. The van der Waals surface area contributed by atoms with Crippen LogP contribution in [0.1, 0.15) is 19.4 Å². The lowest BCUT2D eigenvalue weighted by molar-refractivity contribution is -0.161. The smallest absolute Gasteiger partial charge is 0.164 e. The van der Waals surface area contributed by atoms with Crippen molar-refractivity contribution in [3.8, 4) is 0 Å². The molecule has 3 atom stereocenters. The topological polar surface area (TPSA) is 44.8 Å². The Morgan fingerprint density at radius 2 is 2.05 bits per heavy atom. The molecular weight excluding hydrogens is 256 g/mol. The molecule has 1 fully saturated rings. The van der Waals surface area contributed by atoms with E-state index >= 15 is 0 Å². The van der Waals surface area contributed by atoms with Gasteiger partial charge in [-0.25, -0.2) is 0 Å². The van der Waals surface area contributed by atoms with Crippen LogP contribution < -0.4 is 0 Å². The van der Waals surface area contributed by atoms with E-state index in [9.17, 15) is 4.79 Å². The summed E-state index contributed by atoms with van der Waals surface area (Å²) in [6.45, 7) is 7.69. The molecule has 4 nitrogen and oxygen atoms in total. The summed E-state index contributed by atoms with van der Waals surface area (Å²) in [5.41, 5.74) is 1.01. The Morgan fingerprint density at radius 1 is 1.35 bits per heavy atom. The molecule has 0 spiro atoms. The third kappa shape index (κ3) is 3.54. The monoisotopic (exact) mass is 276 g/mol. The molecule has 4 heteroatoms. The van der Waals surface area contributed by atoms with Gasteiger partial charge < -0.3 is 19.0 Å². The van der Waals surface area contributed by atoms with Crippen LogP contribution in [0.15, 0.2) is 43.0 Å². The van der Waals surface area contributed by atoms with E-state index in [1.165, 1.54) is 0 Å². The fourth-order valence-electron chi connectivity index (χ4n) is 2.23. The lowest BCUT2D eigenvalue weighted by Gasteiger charge is -2.21. The van der Waals surface area contributed by atoms with E-state index < -0.39 is 18.0 Å². The van der Waals surface area contributed by atoms with E-state index in [0.717, 1.165) is 11.8 Å². The Kier molecular flexibility index (Phi) is 4.70. The molecule has 0 N–H and O–H groups in total. The zero-order valence-corrected chi connectivity index (χ0v) is 11.8. The van der Waals surface area contributed by atoms with E-state index in [4.69, 9.17) is 14.2 Å². The number of aldehydes is 1. The van der Waals surface area contributed by atoms with E-state index in [2.05, 4.69) is 6.58 Å². The summed E-state index contributed by atoms with van der Waals surface area (Å²) in [7, 11) is 0. The van der Waals surface area contributed by atoms with Crippen molar-refractivity contribution in [3.05, 3.63) is 48.6 Å². The summed E-state index contributed by atoms with van der Waals surface area (Å²) >= 11 is 0. The van der Waals surface area contributed by atoms with Crippen LogP contribution in [0.25, 0.3) is 0 Å². The predicted molar refractivity (Wildman–Crippen MR) is 75.1 cm³/mol. The molecule has 0 unspecified atom stereocenters. The SMILES string of the molecule is C=C[C@@H]1OC(C)(C)O[C@@H]1[C@H](C=O)OCc1ccccc1. The number of ether oxygens (including phenoxy) is 3. The maximum absolute atomic E-state index is 11.3. The van der Waals surface area contributed by atoms with E-state index in [1.54, 1.807) is 6.08 Å². The molecule has 1 aromatic rings. The molecule has 0 aromatic heterocycles. The normalized spacial score (nSPS) is 26.1. The Morgan fingerprint density at radius 3 is 2.65 bits per heavy atom. The van der Waals surface area contributed by atoms with Gasteiger partial charge in [-0.2, -0.15) is 0 Å². The summed E-state index contributed by atoms with van der Waals surface area (Å²) < 4.78 is 17.1. The highest BCUT2D eigenvalue weighted by Crippen LogP contribution is 2.31. The average molecular weight is 276 g/mol. The van der Waals surface area contributed by atoms with Crippen LogP contribution >= 0.6 is 0 Å². The highest BCUT2D eigenvalue weighted by atomic mass is 16.8. The summed E-state index contributed by atoms with van der Waals surface area (Å²) in [6.07, 6.45) is 0.899. The second kappa shape index (κ2) is 6.31. The van der Waals surface area contributed by atoms with Crippen molar-refractivity contribution in [1.29, 1.82) is 0 Å². The highest BCUT2D eigenvalue weighted by Gasteiger charge is 2.44. The maximum Gasteiger partial charge on any atom is 0.164 e. The molecule has 20 heavy (non-hydrogen) atoms. The van der Waals surface area contributed by atoms with Crippen LogP contribution in [0, 0.1) is 0 Å². The minimum Gasteiger partial charge on any atom is -0.363 e. The summed E-state index contributed by atoms with van der Waals surface area (Å²) in [5.74, 6) is -0.735. The van der Waals surface area contributed by atoms with Crippen molar-refractivity contribution in [2.75, 3.05) is 0 Å². The third-order valence-corrected chi connectivity index (χ3v) is 3.14. The maximum atomic E-state index is 11.3.